The number of nitrogens with zero attached hydrogens (tertiary/aromatic N) is 1. The van der Waals surface area contributed by atoms with Gasteiger partial charge in [0.2, 0.25) is 11.8 Å². The lowest BCUT2D eigenvalue weighted by Crippen LogP contribution is -2.50. The predicted molar refractivity (Wildman–Crippen MR) is 60.5 cm³/mol. The Balaban J connectivity index is 2.07. The first-order valence-corrected chi connectivity index (χ1v) is 6.11. The Labute approximate surface area is 96.2 Å². The van der Waals surface area contributed by atoms with Crippen molar-refractivity contribution in [3.8, 4) is 0 Å². The summed E-state index contributed by atoms with van der Waals surface area (Å²) in [6.07, 6.45) is 5.49. The van der Waals surface area contributed by atoms with Crippen LogP contribution in [0.15, 0.2) is 0 Å². The third-order valence-electron chi connectivity index (χ3n) is 3.79. The van der Waals surface area contributed by atoms with Crippen LogP contribution in [0.3, 0.4) is 0 Å². The topological polar surface area (TPSA) is 63.4 Å². The van der Waals surface area contributed by atoms with Gasteiger partial charge in [-0.2, -0.15) is 0 Å². The van der Waals surface area contributed by atoms with E-state index in [2.05, 4.69) is 0 Å². The molecule has 1 unspecified atom stereocenters. The average Bonchev–Trinajstić information content (AvgIpc) is 2.60. The molecule has 2 fully saturated rings. The van der Waals surface area contributed by atoms with Gasteiger partial charge in [-0.25, -0.2) is 0 Å². The Morgan fingerprint density at radius 1 is 1.25 bits per heavy atom. The van der Waals surface area contributed by atoms with Gasteiger partial charge in [0.05, 0.1) is 0 Å². The highest BCUT2D eigenvalue weighted by Crippen LogP contribution is 2.46. The number of amides is 2. The second kappa shape index (κ2) is 4.17. The van der Waals surface area contributed by atoms with Crippen LogP contribution < -0.4 is 5.73 Å². The summed E-state index contributed by atoms with van der Waals surface area (Å²) < 4.78 is 0. The molecular formula is C12H20N2O2. The molecule has 0 aromatic carbocycles. The monoisotopic (exact) mass is 224 g/mol. The zero-order chi connectivity index (χ0) is 11.8. The maximum absolute atomic E-state index is 12.0. The maximum atomic E-state index is 12.0. The van der Waals surface area contributed by atoms with Crippen molar-refractivity contribution in [3.63, 3.8) is 0 Å². The molecule has 1 aliphatic heterocycles. The van der Waals surface area contributed by atoms with Crippen LogP contribution in [-0.2, 0) is 9.59 Å². The fourth-order valence-corrected chi connectivity index (χ4v) is 3.00. The molecule has 16 heavy (non-hydrogen) atoms. The van der Waals surface area contributed by atoms with Crippen LogP contribution in [0.2, 0.25) is 0 Å². The first kappa shape index (κ1) is 11.6. The van der Waals surface area contributed by atoms with Gasteiger partial charge < -0.3 is 5.73 Å². The summed E-state index contributed by atoms with van der Waals surface area (Å²) in [5, 5.41) is 0. The second-order valence-electron chi connectivity index (χ2n) is 5.44. The van der Waals surface area contributed by atoms with Crippen molar-refractivity contribution in [1.29, 1.82) is 0 Å². The highest BCUT2D eigenvalue weighted by atomic mass is 16.2. The highest BCUT2D eigenvalue weighted by molar-refractivity contribution is 5.98. The van der Waals surface area contributed by atoms with E-state index in [9.17, 15) is 9.59 Å². The Hall–Kier alpha value is -0.900. The van der Waals surface area contributed by atoms with Crippen LogP contribution >= 0.6 is 0 Å². The highest BCUT2D eigenvalue weighted by Gasteiger charge is 2.44. The zero-order valence-corrected chi connectivity index (χ0v) is 9.87. The largest absolute Gasteiger partial charge is 0.326 e. The normalized spacial score (nSPS) is 26.5. The molecule has 2 amide bonds. The molecule has 2 rings (SSSR count). The van der Waals surface area contributed by atoms with Crippen LogP contribution in [0, 0.1) is 5.41 Å². The Morgan fingerprint density at radius 3 is 2.19 bits per heavy atom. The molecular weight excluding hydrogens is 204 g/mol. The van der Waals surface area contributed by atoms with E-state index in [1.165, 1.54) is 4.90 Å². The van der Waals surface area contributed by atoms with E-state index >= 15 is 0 Å². The van der Waals surface area contributed by atoms with E-state index in [-0.39, 0.29) is 23.3 Å². The first-order valence-electron chi connectivity index (χ1n) is 6.11. The van der Waals surface area contributed by atoms with E-state index in [4.69, 9.17) is 5.73 Å². The van der Waals surface area contributed by atoms with Crippen molar-refractivity contribution in [2.75, 3.05) is 6.54 Å². The SMILES string of the molecule is CC(N)CN1C(=O)CC2(CCCC2)CC1=O. The van der Waals surface area contributed by atoms with Gasteiger partial charge in [0.15, 0.2) is 0 Å². The molecule has 1 spiro atoms. The smallest absolute Gasteiger partial charge is 0.229 e. The molecule has 4 nitrogen and oxygen atoms in total. The summed E-state index contributed by atoms with van der Waals surface area (Å²) in [5.74, 6) is -0.0362. The lowest BCUT2D eigenvalue weighted by Gasteiger charge is -2.37. The van der Waals surface area contributed by atoms with Crippen LogP contribution in [0.1, 0.15) is 45.4 Å². The number of hydrogen-bond acceptors (Lipinski definition) is 3. The van der Waals surface area contributed by atoms with Gasteiger partial charge in [0.1, 0.15) is 0 Å². The fourth-order valence-electron chi connectivity index (χ4n) is 3.00. The molecule has 90 valence electrons. The fraction of sp³-hybridized carbons (Fsp3) is 0.833. The van der Waals surface area contributed by atoms with Gasteiger partial charge in [0, 0.05) is 25.4 Å². The van der Waals surface area contributed by atoms with Gasteiger partial charge in [0.25, 0.3) is 0 Å². The van der Waals surface area contributed by atoms with Gasteiger partial charge >= 0.3 is 0 Å². The van der Waals surface area contributed by atoms with Gasteiger partial charge in [-0.3, -0.25) is 14.5 Å². The van der Waals surface area contributed by atoms with Crippen molar-refractivity contribution in [2.24, 2.45) is 11.1 Å². The third kappa shape index (κ3) is 2.12. The number of likely N-dealkylation sites (tertiary alicyclic amines) is 1. The zero-order valence-electron chi connectivity index (χ0n) is 9.87. The summed E-state index contributed by atoms with van der Waals surface area (Å²) in [5.41, 5.74) is 5.65. The number of nitrogens with two attached hydrogens (primary N) is 1. The van der Waals surface area contributed by atoms with E-state index in [0.29, 0.717) is 19.4 Å². The standard InChI is InChI=1S/C12H20N2O2/c1-9(13)8-14-10(15)6-12(7-11(14)16)4-2-3-5-12/h9H,2-8,13H2,1H3. The van der Waals surface area contributed by atoms with Gasteiger partial charge in [-0.05, 0) is 25.2 Å². The first-order chi connectivity index (χ1) is 7.52. The average molecular weight is 224 g/mol. The predicted octanol–water partition coefficient (Wildman–Crippen LogP) is 1.04. The van der Waals surface area contributed by atoms with Gasteiger partial charge in [-0.1, -0.05) is 12.8 Å². The molecule has 0 radical (unpaired) electrons. The van der Waals surface area contributed by atoms with Crippen LogP contribution in [0.25, 0.3) is 0 Å². The summed E-state index contributed by atoms with van der Waals surface area (Å²) in [7, 11) is 0. The summed E-state index contributed by atoms with van der Waals surface area (Å²) in [6.45, 7) is 2.19. The molecule has 2 N–H and O–H groups in total. The van der Waals surface area contributed by atoms with Crippen molar-refractivity contribution < 1.29 is 9.59 Å². The molecule has 0 aromatic heterocycles. The molecule has 1 heterocycles. The van der Waals surface area contributed by atoms with Crippen LogP contribution in [0.5, 0.6) is 0 Å². The summed E-state index contributed by atoms with van der Waals surface area (Å²) in [4.78, 5) is 25.3. The Morgan fingerprint density at radius 2 is 1.75 bits per heavy atom. The number of hydrogen-bond donors (Lipinski definition) is 1. The minimum Gasteiger partial charge on any atom is -0.326 e. The summed E-state index contributed by atoms with van der Waals surface area (Å²) >= 11 is 0. The maximum Gasteiger partial charge on any atom is 0.229 e. The van der Waals surface area contributed by atoms with E-state index in [1.807, 2.05) is 6.92 Å². The number of carbonyl (C=O) groups excluding carboxylic acids is 2. The van der Waals surface area contributed by atoms with E-state index in [1.54, 1.807) is 0 Å². The van der Waals surface area contributed by atoms with E-state index < -0.39 is 0 Å². The second-order valence-corrected chi connectivity index (χ2v) is 5.44. The molecule has 4 heteroatoms. The van der Waals surface area contributed by atoms with Crippen molar-refractivity contribution in [2.45, 2.75) is 51.5 Å². The number of piperidine rings is 1. The Bertz CT molecular complexity index is 286. The van der Waals surface area contributed by atoms with Gasteiger partial charge in [-0.15, -0.1) is 0 Å². The van der Waals surface area contributed by atoms with E-state index in [0.717, 1.165) is 25.7 Å². The van der Waals surface area contributed by atoms with Crippen LogP contribution in [0.4, 0.5) is 0 Å². The molecule has 1 aliphatic carbocycles. The number of rotatable bonds is 2. The van der Waals surface area contributed by atoms with Crippen molar-refractivity contribution in [3.05, 3.63) is 0 Å². The molecule has 1 saturated heterocycles. The lowest BCUT2D eigenvalue weighted by atomic mass is 9.76. The van der Waals surface area contributed by atoms with Crippen molar-refractivity contribution in [1.82, 2.24) is 4.90 Å². The van der Waals surface area contributed by atoms with Crippen LogP contribution in [-0.4, -0.2) is 29.3 Å². The molecule has 0 bridgehead atoms. The lowest BCUT2D eigenvalue weighted by molar-refractivity contribution is -0.153. The minimum atomic E-state index is -0.134. The third-order valence-corrected chi connectivity index (χ3v) is 3.79. The molecule has 0 aromatic rings. The summed E-state index contributed by atoms with van der Waals surface area (Å²) in [6, 6.07) is -0.134. The molecule has 2 aliphatic rings. The molecule has 1 saturated carbocycles. The Kier molecular flexibility index (Phi) is 3.02. The molecule has 1 atom stereocenters. The van der Waals surface area contributed by atoms with Crippen molar-refractivity contribution >= 4 is 11.8 Å². The quantitative estimate of drug-likeness (QED) is 0.713. The minimum absolute atomic E-state index is 0.00248. The number of carbonyl (C=O) groups is 2. The number of imide groups is 1.